The smallest absolute Gasteiger partial charge is 0.205 e. The van der Waals surface area contributed by atoms with E-state index in [1.54, 1.807) is 0 Å². The number of nitrogens with zero attached hydrogens (tertiary/aromatic N) is 3. The Morgan fingerprint density at radius 2 is 2.38 bits per heavy atom. The maximum Gasteiger partial charge on any atom is 0.205 e. The van der Waals surface area contributed by atoms with Gasteiger partial charge in [-0.15, -0.1) is 0 Å². The molecule has 90 valence electrons. The number of aryl methyl sites for hydroxylation is 1. The summed E-state index contributed by atoms with van der Waals surface area (Å²) in [5.74, 6) is 1.13. The predicted octanol–water partition coefficient (Wildman–Crippen LogP) is 1.39. The molecule has 0 amide bonds. The van der Waals surface area contributed by atoms with E-state index >= 15 is 0 Å². The molecule has 1 N–H and O–H groups in total. The summed E-state index contributed by atoms with van der Waals surface area (Å²) in [6.07, 6.45) is 9.08. The van der Waals surface area contributed by atoms with Crippen LogP contribution in [0, 0.1) is 0 Å². The van der Waals surface area contributed by atoms with E-state index in [0.717, 1.165) is 19.0 Å². The molecule has 1 saturated heterocycles. The van der Waals surface area contributed by atoms with Crippen molar-refractivity contribution in [2.45, 2.75) is 31.7 Å². The third kappa shape index (κ3) is 2.38. The first-order chi connectivity index (χ1) is 7.83. The van der Waals surface area contributed by atoms with Gasteiger partial charge in [-0.25, -0.2) is 4.98 Å². The van der Waals surface area contributed by atoms with E-state index in [-0.39, 0.29) is 0 Å². The zero-order valence-corrected chi connectivity index (χ0v) is 10.3. The normalized spacial score (nSPS) is 21.4. The standard InChI is InChI=1S/C12H22N4/c1-13-7-6-11-5-3-4-9-16(11)12-14-8-10-15(12)2/h8,10-11,13H,3-7,9H2,1-2H3. The van der Waals surface area contributed by atoms with Crippen LogP contribution in [0.25, 0.3) is 0 Å². The average Bonchev–Trinajstić information content (AvgIpc) is 2.73. The summed E-state index contributed by atoms with van der Waals surface area (Å²) in [4.78, 5) is 6.94. The molecule has 1 aromatic heterocycles. The quantitative estimate of drug-likeness (QED) is 0.835. The molecule has 1 atom stereocenters. The predicted molar refractivity (Wildman–Crippen MR) is 66.7 cm³/mol. The van der Waals surface area contributed by atoms with Gasteiger partial charge in [0.05, 0.1) is 0 Å². The molecule has 0 spiro atoms. The van der Waals surface area contributed by atoms with Crippen molar-refractivity contribution in [1.82, 2.24) is 14.9 Å². The van der Waals surface area contributed by atoms with E-state index in [9.17, 15) is 0 Å². The van der Waals surface area contributed by atoms with Gasteiger partial charge in [0.25, 0.3) is 0 Å². The van der Waals surface area contributed by atoms with Crippen molar-refractivity contribution in [3.05, 3.63) is 12.4 Å². The van der Waals surface area contributed by atoms with Crippen LogP contribution in [0.2, 0.25) is 0 Å². The topological polar surface area (TPSA) is 33.1 Å². The van der Waals surface area contributed by atoms with E-state index in [2.05, 4.69) is 26.8 Å². The molecule has 1 aliphatic rings. The minimum Gasteiger partial charge on any atom is -0.339 e. The van der Waals surface area contributed by atoms with Crippen molar-refractivity contribution in [1.29, 1.82) is 0 Å². The molecule has 0 aromatic carbocycles. The van der Waals surface area contributed by atoms with Crippen molar-refractivity contribution in [2.75, 3.05) is 25.0 Å². The lowest BCUT2D eigenvalue weighted by Crippen LogP contribution is -2.42. The fraction of sp³-hybridized carbons (Fsp3) is 0.750. The van der Waals surface area contributed by atoms with Gasteiger partial charge >= 0.3 is 0 Å². The van der Waals surface area contributed by atoms with Gasteiger partial charge in [-0.1, -0.05) is 0 Å². The Labute approximate surface area is 97.7 Å². The van der Waals surface area contributed by atoms with Crippen LogP contribution in [-0.2, 0) is 7.05 Å². The lowest BCUT2D eigenvalue weighted by atomic mass is 10.00. The number of piperidine rings is 1. The minimum absolute atomic E-state index is 0.655. The Balaban J connectivity index is 2.07. The van der Waals surface area contributed by atoms with Gasteiger partial charge in [0.1, 0.15) is 0 Å². The summed E-state index contributed by atoms with van der Waals surface area (Å²) in [7, 11) is 4.10. The first-order valence-electron chi connectivity index (χ1n) is 6.21. The summed E-state index contributed by atoms with van der Waals surface area (Å²) in [5, 5.41) is 3.24. The SMILES string of the molecule is CNCCC1CCCCN1c1nccn1C. The molecule has 0 radical (unpaired) electrons. The van der Waals surface area contributed by atoms with E-state index in [1.807, 2.05) is 19.4 Å². The van der Waals surface area contributed by atoms with Crippen LogP contribution in [-0.4, -0.2) is 35.7 Å². The van der Waals surface area contributed by atoms with Crippen molar-refractivity contribution >= 4 is 5.95 Å². The first-order valence-corrected chi connectivity index (χ1v) is 6.21. The zero-order chi connectivity index (χ0) is 11.4. The number of hydrogen-bond donors (Lipinski definition) is 1. The van der Waals surface area contributed by atoms with Gasteiger partial charge in [0.15, 0.2) is 0 Å². The van der Waals surface area contributed by atoms with Crippen LogP contribution in [0.1, 0.15) is 25.7 Å². The molecular formula is C12H22N4. The Bertz CT molecular complexity index is 321. The summed E-state index contributed by atoms with van der Waals surface area (Å²) in [6, 6.07) is 0.655. The molecule has 16 heavy (non-hydrogen) atoms. The second kappa shape index (κ2) is 5.34. The van der Waals surface area contributed by atoms with E-state index in [4.69, 9.17) is 0 Å². The highest BCUT2D eigenvalue weighted by molar-refractivity contribution is 5.33. The lowest BCUT2D eigenvalue weighted by Gasteiger charge is -2.36. The number of aromatic nitrogens is 2. The minimum atomic E-state index is 0.655. The zero-order valence-electron chi connectivity index (χ0n) is 10.3. The summed E-state index contributed by atoms with van der Waals surface area (Å²) >= 11 is 0. The largest absolute Gasteiger partial charge is 0.339 e. The number of anilines is 1. The van der Waals surface area contributed by atoms with Crippen molar-refractivity contribution in [3.8, 4) is 0 Å². The van der Waals surface area contributed by atoms with Gasteiger partial charge in [-0.2, -0.15) is 0 Å². The van der Waals surface area contributed by atoms with Crippen molar-refractivity contribution < 1.29 is 0 Å². The molecule has 1 aromatic rings. The number of rotatable bonds is 4. The molecule has 4 heteroatoms. The van der Waals surface area contributed by atoms with Crippen LogP contribution in [0.15, 0.2) is 12.4 Å². The molecule has 2 heterocycles. The summed E-state index contributed by atoms with van der Waals surface area (Å²) in [6.45, 7) is 2.24. The number of imidazole rings is 1. The van der Waals surface area contributed by atoms with Crippen LogP contribution in [0.5, 0.6) is 0 Å². The van der Waals surface area contributed by atoms with Gasteiger partial charge in [0.2, 0.25) is 5.95 Å². The summed E-state index contributed by atoms with van der Waals surface area (Å²) < 4.78 is 2.12. The fourth-order valence-electron chi connectivity index (χ4n) is 2.51. The fourth-order valence-corrected chi connectivity index (χ4v) is 2.51. The molecule has 1 aliphatic heterocycles. The molecule has 2 rings (SSSR count). The molecule has 1 fully saturated rings. The Kier molecular flexibility index (Phi) is 3.83. The highest BCUT2D eigenvalue weighted by Crippen LogP contribution is 2.24. The lowest BCUT2D eigenvalue weighted by molar-refractivity contribution is 0.424. The number of nitrogens with one attached hydrogen (secondary N) is 1. The maximum atomic E-state index is 4.47. The Hall–Kier alpha value is -1.03. The Morgan fingerprint density at radius 3 is 3.06 bits per heavy atom. The van der Waals surface area contributed by atoms with Crippen molar-refractivity contribution in [2.24, 2.45) is 7.05 Å². The van der Waals surface area contributed by atoms with E-state index in [0.29, 0.717) is 6.04 Å². The van der Waals surface area contributed by atoms with Crippen LogP contribution in [0.4, 0.5) is 5.95 Å². The third-order valence-corrected chi connectivity index (χ3v) is 3.41. The van der Waals surface area contributed by atoms with E-state index < -0.39 is 0 Å². The second-order valence-electron chi connectivity index (χ2n) is 4.57. The summed E-state index contributed by atoms with van der Waals surface area (Å²) in [5.41, 5.74) is 0. The van der Waals surface area contributed by atoms with Gasteiger partial charge < -0.3 is 14.8 Å². The monoisotopic (exact) mass is 222 g/mol. The van der Waals surface area contributed by atoms with Gasteiger partial charge in [-0.05, 0) is 39.3 Å². The molecule has 0 aliphatic carbocycles. The third-order valence-electron chi connectivity index (χ3n) is 3.41. The average molecular weight is 222 g/mol. The maximum absolute atomic E-state index is 4.47. The Morgan fingerprint density at radius 1 is 1.50 bits per heavy atom. The van der Waals surface area contributed by atoms with Crippen LogP contribution >= 0.6 is 0 Å². The molecular weight excluding hydrogens is 200 g/mol. The first kappa shape index (κ1) is 11.5. The molecule has 4 nitrogen and oxygen atoms in total. The molecule has 0 bridgehead atoms. The number of hydrogen-bond acceptors (Lipinski definition) is 3. The van der Waals surface area contributed by atoms with Crippen molar-refractivity contribution in [3.63, 3.8) is 0 Å². The molecule has 0 saturated carbocycles. The molecule has 1 unspecified atom stereocenters. The highest BCUT2D eigenvalue weighted by Gasteiger charge is 2.24. The van der Waals surface area contributed by atoms with E-state index in [1.165, 1.54) is 25.7 Å². The van der Waals surface area contributed by atoms with Gasteiger partial charge in [-0.3, -0.25) is 0 Å². The van der Waals surface area contributed by atoms with Gasteiger partial charge in [0, 0.05) is 32.0 Å². The second-order valence-corrected chi connectivity index (χ2v) is 4.57. The van der Waals surface area contributed by atoms with Crippen LogP contribution < -0.4 is 10.2 Å². The van der Waals surface area contributed by atoms with Crippen LogP contribution in [0.3, 0.4) is 0 Å². The highest BCUT2D eigenvalue weighted by atomic mass is 15.3.